The molecular weight excluding hydrogens is 390 g/mol. The SMILES string of the molecule is CCc1nc2ccc(Br)cn2c1C(=O)Nc1c(C)cc(C)cc1Cl. The fourth-order valence-corrected chi connectivity index (χ4v) is 3.51. The fourth-order valence-electron chi connectivity index (χ4n) is 2.80. The van der Waals surface area contributed by atoms with Crippen LogP contribution in [0.15, 0.2) is 34.9 Å². The molecule has 1 amide bonds. The Morgan fingerprint density at radius 3 is 2.75 bits per heavy atom. The molecule has 0 radical (unpaired) electrons. The first-order valence-electron chi connectivity index (χ1n) is 7.65. The van der Waals surface area contributed by atoms with E-state index in [1.807, 2.05) is 51.2 Å². The number of aryl methyl sites for hydroxylation is 3. The Morgan fingerprint density at radius 2 is 2.08 bits per heavy atom. The summed E-state index contributed by atoms with van der Waals surface area (Å²) in [5.41, 5.74) is 4.66. The molecule has 0 saturated heterocycles. The lowest BCUT2D eigenvalue weighted by molar-refractivity contribution is 0.102. The predicted molar refractivity (Wildman–Crippen MR) is 101 cm³/mol. The number of aromatic nitrogens is 2. The summed E-state index contributed by atoms with van der Waals surface area (Å²) in [7, 11) is 0. The number of hydrogen-bond donors (Lipinski definition) is 1. The number of carbonyl (C=O) groups excluding carboxylic acids is 1. The van der Waals surface area contributed by atoms with Gasteiger partial charge in [0.15, 0.2) is 0 Å². The first-order chi connectivity index (χ1) is 11.4. The summed E-state index contributed by atoms with van der Waals surface area (Å²) in [5.74, 6) is -0.216. The Morgan fingerprint density at radius 1 is 1.33 bits per heavy atom. The number of nitrogens with zero attached hydrogens (tertiary/aromatic N) is 2. The Labute approximate surface area is 154 Å². The van der Waals surface area contributed by atoms with Crippen LogP contribution in [0.1, 0.15) is 34.2 Å². The molecule has 0 aliphatic rings. The number of rotatable bonds is 3. The number of imidazole rings is 1. The number of halogens is 2. The average molecular weight is 407 g/mol. The van der Waals surface area contributed by atoms with Crippen molar-refractivity contribution in [3.63, 3.8) is 0 Å². The van der Waals surface area contributed by atoms with Gasteiger partial charge in [-0.25, -0.2) is 4.98 Å². The van der Waals surface area contributed by atoms with Crippen LogP contribution in [0.25, 0.3) is 5.65 Å². The van der Waals surface area contributed by atoms with Gasteiger partial charge < -0.3 is 5.32 Å². The molecule has 0 aliphatic carbocycles. The molecule has 3 aromatic rings. The van der Waals surface area contributed by atoms with E-state index in [9.17, 15) is 4.79 Å². The van der Waals surface area contributed by atoms with Gasteiger partial charge in [0, 0.05) is 10.7 Å². The summed E-state index contributed by atoms with van der Waals surface area (Å²) >= 11 is 9.76. The molecule has 1 aromatic carbocycles. The molecule has 2 heterocycles. The van der Waals surface area contributed by atoms with Gasteiger partial charge in [0.2, 0.25) is 0 Å². The van der Waals surface area contributed by atoms with E-state index in [0.29, 0.717) is 22.8 Å². The van der Waals surface area contributed by atoms with Gasteiger partial charge in [-0.15, -0.1) is 0 Å². The molecule has 0 saturated carbocycles. The lowest BCUT2D eigenvalue weighted by atomic mass is 10.1. The van der Waals surface area contributed by atoms with Crippen molar-refractivity contribution in [3.05, 3.63) is 62.5 Å². The molecule has 24 heavy (non-hydrogen) atoms. The van der Waals surface area contributed by atoms with Crippen molar-refractivity contribution in [2.45, 2.75) is 27.2 Å². The van der Waals surface area contributed by atoms with Crippen LogP contribution in [0, 0.1) is 13.8 Å². The lowest BCUT2D eigenvalue weighted by Crippen LogP contribution is -2.17. The lowest BCUT2D eigenvalue weighted by Gasteiger charge is -2.12. The molecule has 6 heteroatoms. The molecule has 0 aliphatic heterocycles. The largest absolute Gasteiger partial charge is 0.319 e. The highest BCUT2D eigenvalue weighted by atomic mass is 79.9. The van der Waals surface area contributed by atoms with Gasteiger partial charge in [-0.05, 0) is 65.5 Å². The number of pyridine rings is 1. The summed E-state index contributed by atoms with van der Waals surface area (Å²) in [6, 6.07) is 7.62. The first kappa shape index (κ1) is 17.0. The van der Waals surface area contributed by atoms with Crippen LogP contribution in [-0.4, -0.2) is 15.3 Å². The van der Waals surface area contributed by atoms with Crippen molar-refractivity contribution in [1.29, 1.82) is 0 Å². The molecule has 3 rings (SSSR count). The van der Waals surface area contributed by atoms with Crippen LogP contribution in [0.4, 0.5) is 5.69 Å². The van der Waals surface area contributed by atoms with Gasteiger partial charge in [0.1, 0.15) is 11.3 Å². The molecule has 0 spiro atoms. The second kappa shape index (κ2) is 6.57. The normalized spacial score (nSPS) is 11.0. The number of hydrogen-bond acceptors (Lipinski definition) is 2. The van der Waals surface area contributed by atoms with Gasteiger partial charge in [-0.1, -0.05) is 24.6 Å². The number of nitrogens with one attached hydrogen (secondary N) is 1. The third-order valence-corrected chi connectivity index (χ3v) is 4.64. The predicted octanol–water partition coefficient (Wildman–Crippen LogP) is 5.18. The van der Waals surface area contributed by atoms with E-state index < -0.39 is 0 Å². The maximum Gasteiger partial charge on any atom is 0.274 e. The maximum atomic E-state index is 12.9. The number of carbonyl (C=O) groups is 1. The van der Waals surface area contributed by atoms with E-state index in [0.717, 1.165) is 26.9 Å². The van der Waals surface area contributed by atoms with Crippen molar-refractivity contribution in [3.8, 4) is 0 Å². The summed E-state index contributed by atoms with van der Waals surface area (Å²) in [4.78, 5) is 17.5. The molecule has 0 bridgehead atoms. The Bertz CT molecular complexity index is 926. The van der Waals surface area contributed by atoms with Gasteiger partial charge in [-0.2, -0.15) is 0 Å². The third-order valence-electron chi connectivity index (χ3n) is 3.87. The van der Waals surface area contributed by atoms with Crippen LogP contribution >= 0.6 is 27.5 Å². The molecule has 0 fully saturated rings. The van der Waals surface area contributed by atoms with Gasteiger partial charge >= 0.3 is 0 Å². The van der Waals surface area contributed by atoms with Crippen molar-refractivity contribution in [2.24, 2.45) is 0 Å². The second-order valence-corrected chi connectivity index (χ2v) is 7.05. The molecule has 0 atom stereocenters. The fraction of sp³-hybridized carbons (Fsp3) is 0.222. The van der Waals surface area contributed by atoms with E-state index in [-0.39, 0.29) is 5.91 Å². The van der Waals surface area contributed by atoms with Crippen LogP contribution in [0.2, 0.25) is 5.02 Å². The Kier molecular flexibility index (Phi) is 4.65. The van der Waals surface area contributed by atoms with Crippen molar-refractivity contribution >= 4 is 44.8 Å². The van der Waals surface area contributed by atoms with E-state index in [1.54, 1.807) is 4.40 Å². The highest BCUT2D eigenvalue weighted by molar-refractivity contribution is 9.10. The summed E-state index contributed by atoms with van der Waals surface area (Å²) < 4.78 is 2.68. The van der Waals surface area contributed by atoms with Crippen LogP contribution < -0.4 is 5.32 Å². The minimum absolute atomic E-state index is 0.216. The molecule has 4 nitrogen and oxygen atoms in total. The van der Waals surface area contributed by atoms with E-state index in [2.05, 4.69) is 26.2 Å². The second-order valence-electron chi connectivity index (χ2n) is 5.73. The first-order valence-corrected chi connectivity index (χ1v) is 8.82. The van der Waals surface area contributed by atoms with Crippen LogP contribution in [0.3, 0.4) is 0 Å². The topological polar surface area (TPSA) is 46.4 Å². The van der Waals surface area contributed by atoms with E-state index in [1.165, 1.54) is 0 Å². The summed E-state index contributed by atoms with van der Waals surface area (Å²) in [6.07, 6.45) is 2.52. The molecule has 124 valence electrons. The van der Waals surface area contributed by atoms with Crippen molar-refractivity contribution in [1.82, 2.24) is 9.38 Å². The number of fused-ring (bicyclic) bond motifs is 1. The number of anilines is 1. The zero-order valence-corrected chi connectivity index (χ0v) is 16.0. The summed E-state index contributed by atoms with van der Waals surface area (Å²) in [5, 5.41) is 3.48. The van der Waals surface area contributed by atoms with Crippen molar-refractivity contribution in [2.75, 3.05) is 5.32 Å². The third kappa shape index (κ3) is 3.06. The minimum atomic E-state index is -0.216. The Hall–Kier alpha value is -1.85. The van der Waals surface area contributed by atoms with E-state index in [4.69, 9.17) is 11.6 Å². The molecule has 2 aromatic heterocycles. The highest BCUT2D eigenvalue weighted by Gasteiger charge is 2.20. The molecule has 0 unspecified atom stereocenters. The minimum Gasteiger partial charge on any atom is -0.319 e. The standard InChI is InChI=1S/C18H17BrClN3O/c1-4-14-17(23-9-12(19)5-6-15(23)21-14)18(24)22-16-11(3)7-10(2)8-13(16)20/h5-9H,4H2,1-3H3,(H,22,24). The monoisotopic (exact) mass is 405 g/mol. The molecular formula is C18H17BrClN3O. The maximum absolute atomic E-state index is 12.9. The van der Waals surface area contributed by atoms with E-state index >= 15 is 0 Å². The zero-order chi connectivity index (χ0) is 17.4. The van der Waals surface area contributed by atoms with Gasteiger partial charge in [-0.3, -0.25) is 9.20 Å². The van der Waals surface area contributed by atoms with Gasteiger partial charge in [0.05, 0.1) is 16.4 Å². The zero-order valence-electron chi connectivity index (χ0n) is 13.7. The van der Waals surface area contributed by atoms with Crippen LogP contribution in [0.5, 0.6) is 0 Å². The number of benzene rings is 1. The summed E-state index contributed by atoms with van der Waals surface area (Å²) in [6.45, 7) is 5.89. The highest BCUT2D eigenvalue weighted by Crippen LogP contribution is 2.28. The van der Waals surface area contributed by atoms with Crippen molar-refractivity contribution < 1.29 is 4.79 Å². The van der Waals surface area contributed by atoms with Crippen LogP contribution in [-0.2, 0) is 6.42 Å². The average Bonchev–Trinajstić information content (AvgIpc) is 2.88. The quantitative estimate of drug-likeness (QED) is 0.651. The smallest absolute Gasteiger partial charge is 0.274 e. The van der Waals surface area contributed by atoms with Gasteiger partial charge in [0.25, 0.3) is 5.91 Å². The molecule has 1 N–H and O–H groups in total. The Balaban J connectivity index is 2.08. The number of amides is 1.